The maximum Gasteiger partial charge on any atom is 0.0476 e. The first kappa shape index (κ1) is 26.7. The van der Waals surface area contributed by atoms with Gasteiger partial charge in [0.05, 0.1) is 0 Å². The van der Waals surface area contributed by atoms with E-state index in [1.807, 2.05) is 11.3 Å². The second kappa shape index (κ2) is 11.0. The second-order valence-corrected chi connectivity index (χ2v) is 12.8. The van der Waals surface area contributed by atoms with Crippen LogP contribution in [0, 0.1) is 0 Å². The molecule has 0 aliphatic rings. The molecule has 0 saturated heterocycles. The van der Waals surface area contributed by atoms with Gasteiger partial charge in [0.1, 0.15) is 0 Å². The third kappa shape index (κ3) is 4.54. The van der Waals surface area contributed by atoms with Crippen LogP contribution >= 0.6 is 11.3 Å². The minimum absolute atomic E-state index is 1.13. The summed E-state index contributed by atoms with van der Waals surface area (Å²) in [7, 11) is 0. The van der Waals surface area contributed by atoms with Gasteiger partial charge in [0, 0.05) is 42.6 Å². The van der Waals surface area contributed by atoms with Crippen LogP contribution in [0.15, 0.2) is 176 Å². The minimum atomic E-state index is 1.13. The molecule has 216 valence electrons. The molecule has 1 heterocycles. The molecule has 1 aromatic heterocycles. The van der Waals surface area contributed by atoms with E-state index < -0.39 is 0 Å². The van der Waals surface area contributed by atoms with Crippen LogP contribution in [-0.4, -0.2) is 0 Å². The van der Waals surface area contributed by atoms with Crippen LogP contribution in [0.5, 0.6) is 0 Å². The van der Waals surface area contributed by atoms with Crippen LogP contribution in [0.4, 0.5) is 17.1 Å². The monoisotopic (exact) mass is 603 g/mol. The van der Waals surface area contributed by atoms with Gasteiger partial charge in [0.15, 0.2) is 0 Å². The van der Waals surface area contributed by atoms with E-state index in [-0.39, 0.29) is 0 Å². The van der Waals surface area contributed by atoms with Gasteiger partial charge in [-0.05, 0) is 80.9 Å². The summed E-state index contributed by atoms with van der Waals surface area (Å²) in [6, 6.07) is 63.9. The average molecular weight is 604 g/mol. The number of rotatable bonds is 5. The number of benzene rings is 8. The lowest BCUT2D eigenvalue weighted by atomic mass is 9.95. The predicted octanol–water partition coefficient (Wildman–Crippen LogP) is 13.2. The van der Waals surface area contributed by atoms with Crippen molar-refractivity contribution in [3.8, 4) is 22.3 Å². The summed E-state index contributed by atoms with van der Waals surface area (Å²) < 4.78 is 2.62. The SMILES string of the molecule is c1ccc(-c2cccc(N(c3ccc4ccccc4c3)c3ccc4c(c3)sc3c5ccccc5c(-c5ccccc5)cc43)c2)cc1. The van der Waals surface area contributed by atoms with Crippen LogP contribution in [0.2, 0.25) is 0 Å². The average Bonchev–Trinajstić information content (AvgIpc) is 3.50. The van der Waals surface area contributed by atoms with Crippen molar-refractivity contribution in [2.45, 2.75) is 0 Å². The summed E-state index contributed by atoms with van der Waals surface area (Å²) in [5.74, 6) is 0. The highest BCUT2D eigenvalue weighted by Crippen LogP contribution is 2.45. The van der Waals surface area contributed by atoms with Crippen LogP contribution < -0.4 is 4.90 Å². The van der Waals surface area contributed by atoms with Crippen molar-refractivity contribution in [2.24, 2.45) is 0 Å². The van der Waals surface area contributed by atoms with Gasteiger partial charge in [-0.15, -0.1) is 11.3 Å². The molecule has 0 bridgehead atoms. The second-order valence-electron chi connectivity index (χ2n) is 11.8. The molecule has 0 N–H and O–H groups in total. The fraction of sp³-hybridized carbons (Fsp3) is 0. The van der Waals surface area contributed by atoms with Crippen molar-refractivity contribution in [3.05, 3.63) is 176 Å². The Labute approximate surface area is 272 Å². The first-order valence-electron chi connectivity index (χ1n) is 15.7. The Morgan fingerprint density at radius 3 is 1.80 bits per heavy atom. The van der Waals surface area contributed by atoms with Gasteiger partial charge in [0.2, 0.25) is 0 Å². The van der Waals surface area contributed by atoms with Crippen LogP contribution in [0.25, 0.3) is 64.0 Å². The molecule has 8 aromatic carbocycles. The summed E-state index contributed by atoms with van der Waals surface area (Å²) in [6.45, 7) is 0. The molecule has 9 rings (SSSR count). The van der Waals surface area contributed by atoms with E-state index in [4.69, 9.17) is 0 Å². The van der Waals surface area contributed by atoms with Crippen LogP contribution in [-0.2, 0) is 0 Å². The van der Waals surface area contributed by atoms with Gasteiger partial charge in [-0.3, -0.25) is 0 Å². The zero-order valence-corrected chi connectivity index (χ0v) is 25.9. The Balaban J connectivity index is 1.26. The van der Waals surface area contributed by atoms with Crippen LogP contribution in [0.1, 0.15) is 0 Å². The van der Waals surface area contributed by atoms with Crippen LogP contribution in [0.3, 0.4) is 0 Å². The van der Waals surface area contributed by atoms with E-state index in [1.165, 1.54) is 64.0 Å². The van der Waals surface area contributed by atoms with Gasteiger partial charge < -0.3 is 4.90 Å². The van der Waals surface area contributed by atoms with Gasteiger partial charge in [-0.25, -0.2) is 0 Å². The molecule has 9 aromatic rings. The van der Waals surface area contributed by atoms with Gasteiger partial charge in [-0.1, -0.05) is 133 Å². The fourth-order valence-corrected chi connectivity index (χ4v) is 8.05. The largest absolute Gasteiger partial charge is 0.310 e. The number of fused-ring (bicyclic) bond motifs is 6. The van der Waals surface area contributed by atoms with Crippen molar-refractivity contribution in [3.63, 3.8) is 0 Å². The van der Waals surface area contributed by atoms with Crippen molar-refractivity contribution >= 4 is 70.1 Å². The first-order valence-corrected chi connectivity index (χ1v) is 16.5. The van der Waals surface area contributed by atoms with Gasteiger partial charge in [-0.2, -0.15) is 0 Å². The molecule has 0 spiro atoms. The highest BCUT2D eigenvalue weighted by atomic mass is 32.1. The smallest absolute Gasteiger partial charge is 0.0476 e. The highest BCUT2D eigenvalue weighted by Gasteiger charge is 2.18. The summed E-state index contributed by atoms with van der Waals surface area (Å²) in [6.07, 6.45) is 0. The van der Waals surface area contributed by atoms with E-state index in [0.29, 0.717) is 0 Å². The Morgan fingerprint density at radius 2 is 0.978 bits per heavy atom. The highest BCUT2D eigenvalue weighted by molar-refractivity contribution is 7.26. The number of thiophene rings is 1. The summed E-state index contributed by atoms with van der Waals surface area (Å²) in [4.78, 5) is 2.40. The van der Waals surface area contributed by atoms with Gasteiger partial charge >= 0.3 is 0 Å². The minimum Gasteiger partial charge on any atom is -0.310 e. The van der Waals surface area contributed by atoms with E-state index in [9.17, 15) is 0 Å². The zero-order valence-electron chi connectivity index (χ0n) is 25.1. The lowest BCUT2D eigenvalue weighted by Crippen LogP contribution is -2.10. The maximum atomic E-state index is 2.40. The van der Waals surface area contributed by atoms with Gasteiger partial charge in [0.25, 0.3) is 0 Å². The van der Waals surface area contributed by atoms with E-state index >= 15 is 0 Å². The molecule has 0 aliphatic carbocycles. The Bertz CT molecular complexity index is 2530. The summed E-state index contributed by atoms with van der Waals surface area (Å²) in [5, 5.41) is 7.68. The lowest BCUT2D eigenvalue weighted by molar-refractivity contribution is 1.30. The molecule has 0 aliphatic heterocycles. The molecule has 0 unspecified atom stereocenters. The fourth-order valence-electron chi connectivity index (χ4n) is 6.80. The van der Waals surface area contributed by atoms with E-state index in [1.54, 1.807) is 0 Å². The summed E-state index contributed by atoms with van der Waals surface area (Å²) >= 11 is 1.89. The van der Waals surface area contributed by atoms with Crippen molar-refractivity contribution < 1.29 is 0 Å². The summed E-state index contributed by atoms with van der Waals surface area (Å²) in [5.41, 5.74) is 8.36. The lowest BCUT2D eigenvalue weighted by Gasteiger charge is -2.26. The number of anilines is 3. The molecular weight excluding hydrogens is 575 g/mol. The van der Waals surface area contributed by atoms with Crippen molar-refractivity contribution in [1.29, 1.82) is 0 Å². The van der Waals surface area contributed by atoms with E-state index in [2.05, 4.69) is 181 Å². The molecule has 2 heteroatoms. The molecule has 1 nitrogen and oxygen atoms in total. The normalized spacial score (nSPS) is 11.5. The Kier molecular flexibility index (Phi) is 6.40. The third-order valence-electron chi connectivity index (χ3n) is 9.01. The molecule has 0 amide bonds. The molecule has 0 saturated carbocycles. The van der Waals surface area contributed by atoms with E-state index in [0.717, 1.165) is 17.1 Å². The molecular formula is C44H29NS. The first-order chi connectivity index (χ1) is 22.8. The molecule has 0 atom stereocenters. The number of hydrogen-bond acceptors (Lipinski definition) is 2. The maximum absolute atomic E-state index is 2.40. The predicted molar refractivity (Wildman–Crippen MR) is 200 cm³/mol. The zero-order chi connectivity index (χ0) is 30.5. The van der Waals surface area contributed by atoms with Crippen molar-refractivity contribution in [2.75, 3.05) is 4.90 Å². The Morgan fingerprint density at radius 1 is 0.348 bits per heavy atom. The van der Waals surface area contributed by atoms with Crippen molar-refractivity contribution in [1.82, 2.24) is 0 Å². The standard InChI is InChI=1S/C44H29NS/c1-3-12-30(13-4-1)34-18-11-19-35(26-34)45(36-23-22-31-14-7-8-17-33(31)27-36)37-24-25-39-42-29-41(32-15-5-2-6-16-32)38-20-9-10-21-40(38)44(42)46-43(39)28-37/h1-29H. The molecule has 46 heavy (non-hydrogen) atoms. The third-order valence-corrected chi connectivity index (χ3v) is 10.2. The quantitative estimate of drug-likeness (QED) is 0.189. The number of nitrogens with zero attached hydrogens (tertiary/aromatic N) is 1. The molecule has 0 fully saturated rings. The topological polar surface area (TPSA) is 3.24 Å². The molecule has 0 radical (unpaired) electrons. The number of hydrogen-bond donors (Lipinski definition) is 0. The Hall–Kier alpha value is -5.70.